The maximum Gasteiger partial charge on any atom is 0.416 e. The lowest BCUT2D eigenvalue weighted by Crippen LogP contribution is -2.05. The number of aromatic nitrogens is 2. The summed E-state index contributed by atoms with van der Waals surface area (Å²) in [5.41, 5.74) is 0.347. The Morgan fingerprint density at radius 1 is 1.33 bits per heavy atom. The Morgan fingerprint density at radius 3 is 2.67 bits per heavy atom. The molecule has 1 aromatic heterocycles. The highest BCUT2D eigenvalue weighted by atomic mass is 35.5. The summed E-state index contributed by atoms with van der Waals surface area (Å²) in [6.07, 6.45) is -2.88. The van der Waals surface area contributed by atoms with E-state index in [0.717, 1.165) is 12.1 Å². The Kier molecular flexibility index (Phi) is 3.34. The van der Waals surface area contributed by atoms with Crippen LogP contribution in [-0.4, -0.2) is 9.55 Å². The molecule has 96 valence electrons. The molecule has 0 fully saturated rings. The summed E-state index contributed by atoms with van der Waals surface area (Å²) >= 11 is 5.85. The highest BCUT2D eigenvalue weighted by Gasteiger charge is 2.30. The first kappa shape index (κ1) is 13.0. The molecule has 0 saturated carbocycles. The maximum absolute atomic E-state index is 12.6. The summed E-state index contributed by atoms with van der Waals surface area (Å²) < 4.78 is 39.5. The van der Waals surface area contributed by atoms with Crippen molar-refractivity contribution in [1.82, 2.24) is 9.55 Å². The molecule has 6 heteroatoms. The third kappa shape index (κ3) is 2.36. The second-order valence-corrected chi connectivity index (χ2v) is 4.07. The fourth-order valence-corrected chi connectivity index (χ4v) is 2.00. The number of rotatable bonds is 2. The second-order valence-electron chi connectivity index (χ2n) is 3.74. The molecule has 0 spiro atoms. The lowest BCUT2D eigenvalue weighted by Gasteiger charge is -2.10. The molecule has 0 atom stereocenters. The Balaban J connectivity index is 2.51. The van der Waals surface area contributed by atoms with E-state index in [2.05, 4.69) is 4.98 Å². The van der Waals surface area contributed by atoms with Crippen LogP contribution in [-0.2, 0) is 12.7 Å². The summed E-state index contributed by atoms with van der Waals surface area (Å²) in [4.78, 5) is 3.90. The van der Waals surface area contributed by atoms with Crippen LogP contribution in [0.15, 0.2) is 30.5 Å². The monoisotopic (exact) mass is 274 g/mol. The van der Waals surface area contributed by atoms with Crippen molar-refractivity contribution >= 4 is 11.6 Å². The Hall–Kier alpha value is -1.49. The molecular weight excluding hydrogens is 265 g/mol. The molecule has 0 amide bonds. The van der Waals surface area contributed by atoms with Crippen LogP contribution >= 0.6 is 11.6 Å². The minimum Gasteiger partial charge on any atom is -0.315 e. The molecule has 0 aliphatic carbocycles. The van der Waals surface area contributed by atoms with Crippen molar-refractivity contribution in [2.45, 2.75) is 19.6 Å². The zero-order valence-corrected chi connectivity index (χ0v) is 10.3. The van der Waals surface area contributed by atoms with Crippen molar-refractivity contribution in [2.24, 2.45) is 0 Å². The molecule has 0 radical (unpaired) electrons. The molecule has 0 unspecified atom stereocenters. The van der Waals surface area contributed by atoms with Gasteiger partial charge in [-0.2, -0.15) is 13.2 Å². The van der Waals surface area contributed by atoms with Gasteiger partial charge in [-0.15, -0.1) is 0 Å². The third-order valence-corrected chi connectivity index (χ3v) is 2.91. The van der Waals surface area contributed by atoms with E-state index in [1.54, 1.807) is 10.6 Å². The van der Waals surface area contributed by atoms with Gasteiger partial charge in [0.15, 0.2) is 0 Å². The highest BCUT2D eigenvalue weighted by molar-refractivity contribution is 6.28. The normalized spacial score (nSPS) is 11.8. The first-order valence-electron chi connectivity index (χ1n) is 5.32. The first-order chi connectivity index (χ1) is 8.43. The topological polar surface area (TPSA) is 17.8 Å². The van der Waals surface area contributed by atoms with Crippen LogP contribution in [0.1, 0.15) is 12.5 Å². The van der Waals surface area contributed by atoms with Crippen molar-refractivity contribution in [3.63, 3.8) is 0 Å². The number of hydrogen-bond acceptors (Lipinski definition) is 1. The van der Waals surface area contributed by atoms with Crippen LogP contribution in [0.4, 0.5) is 13.2 Å². The molecule has 0 aliphatic rings. The maximum atomic E-state index is 12.6. The van der Waals surface area contributed by atoms with Gasteiger partial charge in [-0.05, 0) is 30.7 Å². The molecule has 0 bridgehead atoms. The summed E-state index contributed by atoms with van der Waals surface area (Å²) in [6.45, 7) is 2.40. The standard InChI is InChI=1S/C12H10ClF3N2/c1-2-18-10(7-17-11(18)13)8-4-3-5-9(6-8)12(14,15)16/h3-7H,2H2,1H3. The lowest BCUT2D eigenvalue weighted by atomic mass is 10.1. The fourth-order valence-electron chi connectivity index (χ4n) is 1.74. The largest absolute Gasteiger partial charge is 0.416 e. The highest BCUT2D eigenvalue weighted by Crippen LogP contribution is 2.32. The quantitative estimate of drug-likeness (QED) is 0.801. The van der Waals surface area contributed by atoms with Crippen molar-refractivity contribution < 1.29 is 13.2 Å². The first-order valence-corrected chi connectivity index (χ1v) is 5.70. The zero-order chi connectivity index (χ0) is 13.3. The van der Waals surface area contributed by atoms with E-state index >= 15 is 0 Å². The molecule has 0 saturated heterocycles. The molecular formula is C12H10ClF3N2. The third-order valence-electron chi connectivity index (χ3n) is 2.61. The van der Waals surface area contributed by atoms with Crippen molar-refractivity contribution in [2.75, 3.05) is 0 Å². The zero-order valence-electron chi connectivity index (χ0n) is 9.50. The molecule has 1 aromatic carbocycles. The summed E-state index contributed by atoms with van der Waals surface area (Å²) in [7, 11) is 0. The average Bonchev–Trinajstić information content (AvgIpc) is 2.69. The molecule has 0 N–H and O–H groups in total. The van der Waals surface area contributed by atoms with E-state index in [-0.39, 0.29) is 5.28 Å². The van der Waals surface area contributed by atoms with E-state index in [1.165, 1.54) is 12.3 Å². The van der Waals surface area contributed by atoms with Gasteiger partial charge in [0.1, 0.15) is 0 Å². The number of benzene rings is 1. The molecule has 18 heavy (non-hydrogen) atoms. The van der Waals surface area contributed by atoms with Gasteiger partial charge in [-0.25, -0.2) is 4.98 Å². The minimum atomic E-state index is -4.35. The Morgan fingerprint density at radius 2 is 2.06 bits per heavy atom. The van der Waals surface area contributed by atoms with Crippen LogP contribution in [0, 0.1) is 0 Å². The van der Waals surface area contributed by atoms with E-state index in [0.29, 0.717) is 17.8 Å². The van der Waals surface area contributed by atoms with Gasteiger partial charge in [0.25, 0.3) is 0 Å². The van der Waals surface area contributed by atoms with Gasteiger partial charge >= 0.3 is 6.18 Å². The fraction of sp³-hybridized carbons (Fsp3) is 0.250. The van der Waals surface area contributed by atoms with Gasteiger partial charge in [-0.1, -0.05) is 12.1 Å². The molecule has 2 aromatic rings. The minimum absolute atomic E-state index is 0.268. The number of halogens is 4. The smallest absolute Gasteiger partial charge is 0.315 e. The van der Waals surface area contributed by atoms with Gasteiger partial charge in [0.2, 0.25) is 5.28 Å². The van der Waals surface area contributed by atoms with Crippen molar-refractivity contribution in [3.8, 4) is 11.3 Å². The summed E-state index contributed by atoms with van der Waals surface area (Å²) in [5, 5.41) is 0.268. The molecule has 1 heterocycles. The predicted molar refractivity (Wildman–Crippen MR) is 63.3 cm³/mol. The van der Waals surface area contributed by atoms with E-state index in [4.69, 9.17) is 11.6 Å². The predicted octanol–water partition coefficient (Wildman–Crippen LogP) is 4.24. The van der Waals surface area contributed by atoms with Crippen molar-refractivity contribution in [1.29, 1.82) is 0 Å². The number of alkyl halides is 3. The molecule has 0 aliphatic heterocycles. The number of nitrogens with zero attached hydrogens (tertiary/aromatic N) is 2. The van der Waals surface area contributed by atoms with Crippen LogP contribution in [0.2, 0.25) is 5.28 Å². The van der Waals surface area contributed by atoms with Crippen molar-refractivity contribution in [3.05, 3.63) is 41.3 Å². The average molecular weight is 275 g/mol. The summed E-state index contributed by atoms with van der Waals surface area (Å²) in [5.74, 6) is 0. The number of imidazole rings is 1. The second kappa shape index (κ2) is 4.65. The SMILES string of the molecule is CCn1c(-c2cccc(C(F)(F)F)c2)cnc1Cl. The number of hydrogen-bond donors (Lipinski definition) is 0. The molecule has 2 nitrogen and oxygen atoms in total. The Bertz CT molecular complexity index is 561. The van der Waals surface area contributed by atoms with E-state index in [1.807, 2.05) is 6.92 Å². The van der Waals surface area contributed by atoms with Crippen LogP contribution in [0.25, 0.3) is 11.3 Å². The van der Waals surface area contributed by atoms with Gasteiger partial charge in [0, 0.05) is 12.1 Å². The Labute approximate surface area is 107 Å². The summed E-state index contributed by atoms with van der Waals surface area (Å²) in [6, 6.07) is 5.12. The van der Waals surface area contributed by atoms with E-state index < -0.39 is 11.7 Å². The molecule has 2 rings (SSSR count). The van der Waals surface area contributed by atoms with Crippen LogP contribution in [0.3, 0.4) is 0 Å². The van der Waals surface area contributed by atoms with Gasteiger partial charge < -0.3 is 4.57 Å². The van der Waals surface area contributed by atoms with Crippen LogP contribution in [0.5, 0.6) is 0 Å². The lowest BCUT2D eigenvalue weighted by molar-refractivity contribution is -0.137. The van der Waals surface area contributed by atoms with Gasteiger partial charge in [0.05, 0.1) is 17.5 Å². The van der Waals surface area contributed by atoms with E-state index in [9.17, 15) is 13.2 Å². The van der Waals surface area contributed by atoms with Crippen LogP contribution < -0.4 is 0 Å². The van der Waals surface area contributed by atoms with Gasteiger partial charge in [-0.3, -0.25) is 0 Å².